The van der Waals surface area contributed by atoms with Gasteiger partial charge in [0.15, 0.2) is 0 Å². The van der Waals surface area contributed by atoms with Crippen molar-refractivity contribution in [2.24, 2.45) is 11.7 Å². The summed E-state index contributed by atoms with van der Waals surface area (Å²) < 4.78 is 82.1. The van der Waals surface area contributed by atoms with Crippen molar-refractivity contribution in [2.75, 3.05) is 6.54 Å². The van der Waals surface area contributed by atoms with Crippen LogP contribution < -0.4 is 5.73 Å². The fraction of sp³-hybridized carbons (Fsp3) is 1.00. The summed E-state index contributed by atoms with van der Waals surface area (Å²) in [6.07, 6.45) is -9.80. The Hall–Kier alpha value is -0.530. The summed E-state index contributed by atoms with van der Waals surface area (Å²) in [5.41, 5.74) is 4.40. The minimum atomic E-state index is -5.99. The molecular weight excluding hydrogens is 207 g/mol. The molecule has 13 heavy (non-hydrogen) atoms. The second kappa shape index (κ2) is 3.69. The van der Waals surface area contributed by atoms with Gasteiger partial charge in [0, 0.05) is 6.54 Å². The summed E-state index contributed by atoms with van der Waals surface area (Å²) in [6, 6.07) is 0. The topological polar surface area (TPSA) is 26.0 Å². The third-order valence-electron chi connectivity index (χ3n) is 1.40. The molecule has 0 aromatic carbocycles. The predicted octanol–water partition coefficient (Wildman–Crippen LogP) is 2.02. The molecule has 0 amide bonds. The van der Waals surface area contributed by atoms with Crippen LogP contribution in [0.5, 0.6) is 0 Å². The second-order valence-corrected chi connectivity index (χ2v) is 2.30. The van der Waals surface area contributed by atoms with E-state index < -0.39 is 31.0 Å². The second-order valence-electron chi connectivity index (χ2n) is 2.30. The average Bonchev–Trinajstić information content (AvgIpc) is 1.83. The van der Waals surface area contributed by atoms with Gasteiger partial charge in [0.05, 0.1) is 0 Å². The van der Waals surface area contributed by atoms with Crippen LogP contribution in [0.3, 0.4) is 0 Å². The van der Waals surface area contributed by atoms with Gasteiger partial charge in [0.25, 0.3) is 0 Å². The van der Waals surface area contributed by atoms with Gasteiger partial charge in [-0.1, -0.05) is 0 Å². The van der Waals surface area contributed by atoms with Gasteiger partial charge in [-0.25, -0.2) is 8.78 Å². The highest BCUT2D eigenvalue weighted by molar-refractivity contribution is 4.86. The molecule has 0 fully saturated rings. The Kier molecular flexibility index (Phi) is 3.54. The molecule has 8 heteroatoms. The first-order valence-electron chi connectivity index (χ1n) is 3.07. The number of hydrogen-bond acceptors (Lipinski definition) is 1. The maximum absolute atomic E-state index is 12.2. The number of nitrogens with two attached hydrogens (primary N) is 1. The molecule has 0 rings (SSSR count). The third kappa shape index (κ3) is 2.45. The van der Waals surface area contributed by atoms with Crippen LogP contribution in [0.2, 0.25) is 0 Å². The van der Waals surface area contributed by atoms with Crippen molar-refractivity contribution in [1.82, 2.24) is 0 Å². The van der Waals surface area contributed by atoms with E-state index in [9.17, 15) is 30.7 Å². The smallest absolute Gasteiger partial charge is 0.330 e. The molecule has 80 valence electrons. The molecule has 0 aliphatic rings. The highest BCUT2D eigenvalue weighted by Gasteiger charge is 2.64. The summed E-state index contributed by atoms with van der Waals surface area (Å²) in [7, 11) is 0. The van der Waals surface area contributed by atoms with E-state index in [0.29, 0.717) is 0 Å². The van der Waals surface area contributed by atoms with Gasteiger partial charge < -0.3 is 5.73 Å². The largest absolute Gasteiger partial charge is 0.453 e. The van der Waals surface area contributed by atoms with Gasteiger partial charge in [-0.2, -0.15) is 22.0 Å². The maximum Gasteiger partial charge on any atom is 0.453 e. The Morgan fingerprint density at radius 3 is 1.46 bits per heavy atom. The van der Waals surface area contributed by atoms with E-state index in [1.54, 1.807) is 0 Å². The highest BCUT2D eigenvalue weighted by atomic mass is 19.4. The zero-order valence-electron chi connectivity index (χ0n) is 6.08. The van der Waals surface area contributed by atoms with E-state index in [1.165, 1.54) is 0 Å². The number of halogens is 7. The normalized spacial score (nSPS) is 16.4. The lowest BCUT2D eigenvalue weighted by Gasteiger charge is -2.26. The van der Waals surface area contributed by atoms with Gasteiger partial charge in [-0.05, 0) is 0 Å². The van der Waals surface area contributed by atoms with Gasteiger partial charge in [-0.3, -0.25) is 0 Å². The predicted molar refractivity (Wildman–Crippen MR) is 29.6 cm³/mol. The minimum absolute atomic E-state index is 1.43. The monoisotopic (exact) mass is 213 g/mol. The lowest BCUT2D eigenvalue weighted by molar-refractivity contribution is -0.312. The molecule has 1 nitrogen and oxygen atoms in total. The quantitative estimate of drug-likeness (QED) is 0.713. The molecule has 0 aliphatic heterocycles. The summed E-state index contributed by atoms with van der Waals surface area (Å²) in [5.74, 6) is -8.64. The van der Waals surface area contributed by atoms with E-state index in [4.69, 9.17) is 0 Å². The Labute approximate surface area is 68.7 Å². The fourth-order valence-corrected chi connectivity index (χ4v) is 0.619. The molecule has 0 spiro atoms. The molecular formula is C5H6F7N. The molecule has 2 N–H and O–H groups in total. The Bertz CT molecular complexity index is 163. The third-order valence-corrected chi connectivity index (χ3v) is 1.40. The van der Waals surface area contributed by atoms with Crippen LogP contribution in [0, 0.1) is 5.92 Å². The zero-order valence-corrected chi connectivity index (χ0v) is 6.08. The molecule has 0 aliphatic carbocycles. The number of hydrogen-bond donors (Lipinski definition) is 1. The van der Waals surface area contributed by atoms with Crippen molar-refractivity contribution >= 4 is 0 Å². The van der Waals surface area contributed by atoms with E-state index in [2.05, 4.69) is 5.73 Å². The molecule has 0 heterocycles. The van der Waals surface area contributed by atoms with Crippen LogP contribution in [0.15, 0.2) is 0 Å². The zero-order chi connectivity index (χ0) is 10.9. The summed E-state index contributed by atoms with van der Waals surface area (Å²) in [6.45, 7) is -1.43. The van der Waals surface area contributed by atoms with Gasteiger partial charge in [-0.15, -0.1) is 0 Å². The first kappa shape index (κ1) is 12.5. The van der Waals surface area contributed by atoms with Crippen molar-refractivity contribution in [1.29, 1.82) is 0 Å². The van der Waals surface area contributed by atoms with Gasteiger partial charge in [0.1, 0.15) is 5.92 Å². The molecule has 0 saturated heterocycles. The lowest BCUT2D eigenvalue weighted by atomic mass is 10.0. The van der Waals surface area contributed by atoms with Crippen LogP contribution in [-0.2, 0) is 0 Å². The Morgan fingerprint density at radius 1 is 1.00 bits per heavy atom. The molecule has 0 aromatic heterocycles. The van der Waals surface area contributed by atoms with Crippen LogP contribution in [0.25, 0.3) is 0 Å². The summed E-state index contributed by atoms with van der Waals surface area (Å²) >= 11 is 0. The number of alkyl halides is 7. The average molecular weight is 213 g/mol. The molecule has 0 saturated carbocycles. The van der Waals surface area contributed by atoms with Crippen molar-refractivity contribution in [3.63, 3.8) is 0 Å². The van der Waals surface area contributed by atoms with Crippen molar-refractivity contribution < 1.29 is 30.7 Å². The van der Waals surface area contributed by atoms with Crippen LogP contribution in [0.4, 0.5) is 30.7 Å². The van der Waals surface area contributed by atoms with Crippen molar-refractivity contribution in [3.8, 4) is 0 Å². The molecule has 0 radical (unpaired) electrons. The van der Waals surface area contributed by atoms with Crippen LogP contribution >= 0.6 is 0 Å². The summed E-state index contributed by atoms with van der Waals surface area (Å²) in [5, 5.41) is 0. The molecule has 0 aromatic rings. The van der Waals surface area contributed by atoms with Gasteiger partial charge >= 0.3 is 12.1 Å². The van der Waals surface area contributed by atoms with Crippen molar-refractivity contribution in [2.45, 2.75) is 18.5 Å². The minimum Gasteiger partial charge on any atom is -0.330 e. The van der Waals surface area contributed by atoms with Crippen LogP contribution in [-0.4, -0.2) is 25.1 Å². The Balaban J connectivity index is 4.78. The van der Waals surface area contributed by atoms with E-state index in [1.807, 2.05) is 0 Å². The maximum atomic E-state index is 12.2. The molecule has 1 unspecified atom stereocenters. The SMILES string of the molecule is NCC(C(F)F)C(F)(F)C(F)(F)F. The molecule has 1 atom stereocenters. The van der Waals surface area contributed by atoms with E-state index >= 15 is 0 Å². The fourth-order valence-electron chi connectivity index (χ4n) is 0.619. The number of rotatable bonds is 3. The lowest BCUT2D eigenvalue weighted by Crippen LogP contribution is -2.49. The van der Waals surface area contributed by atoms with Crippen LogP contribution in [0.1, 0.15) is 0 Å². The molecule has 0 bridgehead atoms. The highest BCUT2D eigenvalue weighted by Crippen LogP contribution is 2.42. The first-order chi connectivity index (χ1) is 5.64. The summed E-state index contributed by atoms with van der Waals surface area (Å²) in [4.78, 5) is 0. The standard InChI is InChI=1S/C5H6F7N/c6-3(7)2(1-13)4(8,9)5(10,11)12/h2-3H,1,13H2. The Morgan fingerprint density at radius 2 is 1.38 bits per heavy atom. The van der Waals surface area contributed by atoms with E-state index in [-0.39, 0.29) is 0 Å². The van der Waals surface area contributed by atoms with Crippen molar-refractivity contribution in [3.05, 3.63) is 0 Å². The van der Waals surface area contributed by atoms with E-state index in [0.717, 1.165) is 0 Å². The van der Waals surface area contributed by atoms with Gasteiger partial charge in [0.2, 0.25) is 6.43 Å². The first-order valence-corrected chi connectivity index (χ1v) is 3.07.